The maximum absolute atomic E-state index is 12.9. The lowest BCUT2D eigenvalue weighted by Crippen LogP contribution is -2.37. The minimum atomic E-state index is -0.816. The molecule has 0 aliphatic carbocycles. The van der Waals surface area contributed by atoms with Crippen LogP contribution in [-0.2, 0) is 35.6 Å². The quantitative estimate of drug-likeness (QED) is 0.480. The van der Waals surface area contributed by atoms with Crippen LogP contribution in [0.3, 0.4) is 0 Å². The molecule has 0 spiro atoms. The van der Waals surface area contributed by atoms with E-state index in [-0.39, 0.29) is 18.9 Å². The Bertz CT molecular complexity index is 1060. The molecule has 0 fully saturated rings. The maximum Gasteiger partial charge on any atom is 0.303 e. The van der Waals surface area contributed by atoms with E-state index in [1.807, 2.05) is 38.4 Å². The summed E-state index contributed by atoms with van der Waals surface area (Å²) < 4.78 is 12.1. The average molecular weight is 526 g/mol. The predicted octanol–water partition coefficient (Wildman–Crippen LogP) is 4.24. The van der Waals surface area contributed by atoms with Crippen molar-refractivity contribution in [3.8, 4) is 11.5 Å². The molecule has 8 nitrogen and oxygen atoms in total. The molecule has 2 aromatic rings. The van der Waals surface area contributed by atoms with Gasteiger partial charge in [0.05, 0.1) is 19.8 Å². The normalized spacial score (nSPS) is 15.4. The summed E-state index contributed by atoms with van der Waals surface area (Å²) >= 11 is 0. The highest BCUT2D eigenvalue weighted by atomic mass is 16.5. The van der Waals surface area contributed by atoms with E-state index in [4.69, 9.17) is 14.6 Å². The van der Waals surface area contributed by atoms with Gasteiger partial charge < -0.3 is 24.8 Å². The number of aliphatic carboxylic acids is 1. The maximum atomic E-state index is 12.9. The number of hydrogen-bond donors (Lipinski definition) is 2. The highest BCUT2D eigenvalue weighted by Crippen LogP contribution is 2.26. The van der Waals surface area contributed by atoms with Crippen molar-refractivity contribution >= 4 is 11.9 Å². The Kier molecular flexibility index (Phi) is 11.9. The van der Waals surface area contributed by atoms with Crippen LogP contribution in [0.1, 0.15) is 61.3 Å². The summed E-state index contributed by atoms with van der Waals surface area (Å²) in [5.74, 6) is 0.882. The van der Waals surface area contributed by atoms with Crippen LogP contribution in [0.25, 0.3) is 0 Å². The largest absolute Gasteiger partial charge is 0.493 e. The zero-order valence-corrected chi connectivity index (χ0v) is 23.1. The lowest BCUT2D eigenvalue weighted by Gasteiger charge is -2.24. The number of benzene rings is 2. The van der Waals surface area contributed by atoms with Gasteiger partial charge in [-0.3, -0.25) is 14.5 Å². The van der Waals surface area contributed by atoms with E-state index in [2.05, 4.69) is 34.2 Å². The third-order valence-electron chi connectivity index (χ3n) is 6.39. The predicted molar refractivity (Wildman–Crippen MR) is 148 cm³/mol. The molecule has 1 heterocycles. The van der Waals surface area contributed by atoms with Gasteiger partial charge in [0, 0.05) is 43.7 Å². The van der Waals surface area contributed by atoms with E-state index in [1.165, 1.54) is 0 Å². The molecule has 0 saturated heterocycles. The third-order valence-corrected chi connectivity index (χ3v) is 6.39. The van der Waals surface area contributed by atoms with Crippen LogP contribution in [0.2, 0.25) is 0 Å². The molecule has 208 valence electrons. The van der Waals surface area contributed by atoms with Crippen LogP contribution in [-0.4, -0.2) is 67.2 Å². The molecule has 0 unspecified atom stereocenters. The Balaban J connectivity index is 1.89. The fourth-order valence-corrected chi connectivity index (χ4v) is 4.59. The first-order chi connectivity index (χ1) is 18.3. The van der Waals surface area contributed by atoms with Crippen molar-refractivity contribution < 1.29 is 24.2 Å². The van der Waals surface area contributed by atoms with Crippen molar-refractivity contribution in [2.24, 2.45) is 0 Å². The van der Waals surface area contributed by atoms with Gasteiger partial charge in [-0.25, -0.2) is 0 Å². The Morgan fingerprint density at radius 2 is 1.92 bits per heavy atom. The SMILES string of the molecule is CCCOc1ccc(CN2CC(=O)NCCCCCOc3ccc(CCC(=O)O)cc3C2)cc1CN(C)C. The highest BCUT2D eigenvalue weighted by Gasteiger charge is 2.17. The molecule has 1 amide bonds. The van der Waals surface area contributed by atoms with Gasteiger partial charge >= 0.3 is 5.97 Å². The van der Waals surface area contributed by atoms with E-state index >= 15 is 0 Å². The Labute approximate surface area is 226 Å². The van der Waals surface area contributed by atoms with E-state index in [9.17, 15) is 9.59 Å². The van der Waals surface area contributed by atoms with Crippen molar-refractivity contribution in [1.82, 2.24) is 15.1 Å². The van der Waals surface area contributed by atoms with Gasteiger partial charge in [0.25, 0.3) is 0 Å². The summed E-state index contributed by atoms with van der Waals surface area (Å²) in [6.07, 6.45) is 4.30. The van der Waals surface area contributed by atoms with Gasteiger partial charge in [0.15, 0.2) is 0 Å². The van der Waals surface area contributed by atoms with Crippen LogP contribution >= 0.6 is 0 Å². The highest BCUT2D eigenvalue weighted by molar-refractivity contribution is 5.78. The first kappa shape index (κ1) is 29.5. The van der Waals surface area contributed by atoms with Crippen molar-refractivity contribution in [3.05, 3.63) is 58.7 Å². The number of ether oxygens (including phenoxy) is 2. The molecule has 3 rings (SSSR count). The van der Waals surface area contributed by atoms with Crippen LogP contribution in [0.4, 0.5) is 0 Å². The number of nitrogens with one attached hydrogen (secondary N) is 1. The molecule has 2 N–H and O–H groups in total. The lowest BCUT2D eigenvalue weighted by atomic mass is 10.0. The molecule has 0 atom stereocenters. The summed E-state index contributed by atoms with van der Waals surface area (Å²) in [6.45, 7) is 6.16. The molecular formula is C30H43N3O5. The zero-order chi connectivity index (χ0) is 27.3. The lowest BCUT2D eigenvalue weighted by molar-refractivity contribution is -0.137. The molecule has 2 aromatic carbocycles. The smallest absolute Gasteiger partial charge is 0.303 e. The molecule has 1 aliphatic heterocycles. The number of amides is 1. The molecule has 38 heavy (non-hydrogen) atoms. The van der Waals surface area contributed by atoms with Crippen molar-refractivity contribution in [1.29, 1.82) is 0 Å². The van der Waals surface area contributed by atoms with Crippen LogP contribution in [0.15, 0.2) is 36.4 Å². The monoisotopic (exact) mass is 525 g/mol. The Hall–Kier alpha value is -3.10. The molecule has 0 saturated carbocycles. The van der Waals surface area contributed by atoms with Gasteiger partial charge in [-0.2, -0.15) is 0 Å². The second-order valence-electron chi connectivity index (χ2n) is 10.3. The fraction of sp³-hybridized carbons (Fsp3) is 0.533. The van der Waals surface area contributed by atoms with Crippen molar-refractivity contribution in [2.45, 2.75) is 65.1 Å². The molecule has 0 aromatic heterocycles. The first-order valence-electron chi connectivity index (χ1n) is 13.7. The Morgan fingerprint density at radius 3 is 2.68 bits per heavy atom. The van der Waals surface area contributed by atoms with E-state index < -0.39 is 5.97 Å². The van der Waals surface area contributed by atoms with Gasteiger partial charge in [-0.1, -0.05) is 25.1 Å². The number of carbonyl (C=O) groups excluding carboxylic acids is 1. The third kappa shape index (κ3) is 9.99. The van der Waals surface area contributed by atoms with Crippen LogP contribution in [0, 0.1) is 0 Å². The van der Waals surface area contributed by atoms with E-state index in [1.54, 1.807) is 0 Å². The van der Waals surface area contributed by atoms with Crippen LogP contribution in [0.5, 0.6) is 11.5 Å². The number of rotatable bonds is 10. The average Bonchev–Trinajstić information content (AvgIpc) is 2.88. The second kappa shape index (κ2) is 15.3. The molecule has 8 heteroatoms. The number of carboxylic acid groups (broad SMARTS) is 1. The summed E-state index contributed by atoms with van der Waals surface area (Å²) in [5, 5.41) is 12.2. The fourth-order valence-electron chi connectivity index (χ4n) is 4.59. The summed E-state index contributed by atoms with van der Waals surface area (Å²) in [7, 11) is 4.08. The van der Waals surface area contributed by atoms with E-state index in [0.717, 1.165) is 66.0 Å². The van der Waals surface area contributed by atoms with Crippen LogP contribution < -0.4 is 14.8 Å². The van der Waals surface area contributed by atoms with Crippen molar-refractivity contribution in [3.63, 3.8) is 0 Å². The molecular weight excluding hydrogens is 482 g/mol. The molecule has 0 radical (unpaired) electrons. The van der Waals surface area contributed by atoms with Gasteiger partial charge in [0.1, 0.15) is 11.5 Å². The number of nitrogens with zero attached hydrogens (tertiary/aromatic N) is 2. The zero-order valence-electron chi connectivity index (χ0n) is 23.1. The summed E-state index contributed by atoms with van der Waals surface area (Å²) in [6, 6.07) is 12.2. The van der Waals surface area contributed by atoms with Gasteiger partial charge in [0.2, 0.25) is 5.91 Å². The Morgan fingerprint density at radius 1 is 1.11 bits per heavy atom. The minimum Gasteiger partial charge on any atom is -0.493 e. The number of aryl methyl sites for hydroxylation is 1. The van der Waals surface area contributed by atoms with Gasteiger partial charge in [-0.05, 0) is 75.5 Å². The second-order valence-corrected chi connectivity index (χ2v) is 10.3. The molecule has 0 bridgehead atoms. The first-order valence-corrected chi connectivity index (χ1v) is 13.7. The number of carboxylic acids is 1. The van der Waals surface area contributed by atoms with Gasteiger partial charge in [-0.15, -0.1) is 0 Å². The number of fused-ring (bicyclic) bond motifs is 1. The number of carbonyl (C=O) groups is 2. The summed E-state index contributed by atoms with van der Waals surface area (Å²) in [4.78, 5) is 28.2. The minimum absolute atomic E-state index is 0.00478. The number of hydrogen-bond acceptors (Lipinski definition) is 6. The topological polar surface area (TPSA) is 91.3 Å². The van der Waals surface area contributed by atoms with E-state index in [0.29, 0.717) is 39.3 Å². The van der Waals surface area contributed by atoms with Crippen molar-refractivity contribution in [2.75, 3.05) is 40.4 Å². The standard InChI is InChI=1S/C30H43N3O5/c1-4-15-37-27-12-9-24(18-25(27)20-32(2)3)19-33-21-26-17-23(10-13-30(35)36)8-11-28(26)38-16-7-5-6-14-31-29(34)22-33/h8-9,11-12,17-18H,4-7,10,13-16,19-22H2,1-3H3,(H,31,34)(H,35,36). The summed E-state index contributed by atoms with van der Waals surface area (Å²) in [5.41, 5.74) is 4.15. The molecule has 1 aliphatic rings.